The third kappa shape index (κ3) is 0.805. The molecule has 1 saturated heterocycles. The van der Waals surface area contributed by atoms with E-state index in [1.54, 1.807) is 4.90 Å². The number of alkyl halides is 1. The smallest absolute Gasteiger partial charge is 0.228 e. The lowest BCUT2D eigenvalue weighted by Gasteiger charge is -2.30. The van der Waals surface area contributed by atoms with Crippen molar-refractivity contribution in [2.75, 3.05) is 13.1 Å². The van der Waals surface area contributed by atoms with Crippen molar-refractivity contribution in [2.24, 2.45) is 5.92 Å². The van der Waals surface area contributed by atoms with Crippen molar-refractivity contribution in [1.82, 2.24) is 4.90 Å². The minimum absolute atomic E-state index is 0.0405. The summed E-state index contributed by atoms with van der Waals surface area (Å²) in [7, 11) is 0. The van der Waals surface area contributed by atoms with Crippen LogP contribution in [0.25, 0.3) is 0 Å². The SMILES string of the molecule is O=C([C@H]1C[C@@H]1F)N1CCC1. The quantitative estimate of drug-likeness (QED) is 0.525. The Morgan fingerprint density at radius 2 is 2.10 bits per heavy atom. The van der Waals surface area contributed by atoms with Crippen LogP contribution in [-0.2, 0) is 4.79 Å². The van der Waals surface area contributed by atoms with Gasteiger partial charge in [0.2, 0.25) is 5.91 Å². The lowest BCUT2D eigenvalue weighted by molar-refractivity contribution is -0.136. The summed E-state index contributed by atoms with van der Waals surface area (Å²) < 4.78 is 12.3. The van der Waals surface area contributed by atoms with E-state index in [4.69, 9.17) is 0 Å². The first-order chi connectivity index (χ1) is 4.79. The minimum atomic E-state index is -0.826. The normalized spacial score (nSPS) is 37.1. The van der Waals surface area contributed by atoms with Crippen molar-refractivity contribution < 1.29 is 9.18 Å². The number of nitrogens with zero attached hydrogens (tertiary/aromatic N) is 1. The van der Waals surface area contributed by atoms with E-state index in [-0.39, 0.29) is 11.8 Å². The maximum absolute atomic E-state index is 12.3. The first kappa shape index (κ1) is 6.13. The molecule has 2 aliphatic rings. The van der Waals surface area contributed by atoms with E-state index in [2.05, 4.69) is 0 Å². The average Bonchev–Trinajstić information content (AvgIpc) is 2.41. The molecule has 0 aromatic rings. The van der Waals surface area contributed by atoms with Gasteiger partial charge in [0.05, 0.1) is 5.92 Å². The van der Waals surface area contributed by atoms with E-state index in [0.29, 0.717) is 6.42 Å². The molecule has 0 N–H and O–H groups in total. The van der Waals surface area contributed by atoms with Crippen molar-refractivity contribution in [2.45, 2.75) is 19.0 Å². The molecule has 0 unspecified atom stereocenters. The molecular formula is C7H10FNO. The van der Waals surface area contributed by atoms with Crippen LogP contribution in [0.15, 0.2) is 0 Å². The fourth-order valence-electron chi connectivity index (χ4n) is 1.19. The summed E-state index contributed by atoms with van der Waals surface area (Å²) >= 11 is 0. The van der Waals surface area contributed by atoms with Gasteiger partial charge in [-0.05, 0) is 12.8 Å². The molecule has 0 spiro atoms. The molecule has 2 fully saturated rings. The third-order valence-corrected chi connectivity index (χ3v) is 2.20. The Balaban J connectivity index is 1.87. The maximum atomic E-state index is 12.3. The van der Waals surface area contributed by atoms with Gasteiger partial charge in [0.15, 0.2) is 0 Å². The molecule has 2 nitrogen and oxygen atoms in total. The first-order valence-corrected chi connectivity index (χ1v) is 3.72. The van der Waals surface area contributed by atoms with Crippen molar-refractivity contribution in [3.63, 3.8) is 0 Å². The molecule has 0 bridgehead atoms. The molecule has 1 saturated carbocycles. The molecule has 1 aliphatic carbocycles. The third-order valence-electron chi connectivity index (χ3n) is 2.20. The monoisotopic (exact) mass is 143 g/mol. The van der Waals surface area contributed by atoms with Crippen LogP contribution in [0.4, 0.5) is 4.39 Å². The van der Waals surface area contributed by atoms with Gasteiger partial charge < -0.3 is 4.90 Å². The van der Waals surface area contributed by atoms with Crippen molar-refractivity contribution in [1.29, 1.82) is 0 Å². The number of carbonyl (C=O) groups is 1. The lowest BCUT2D eigenvalue weighted by atomic mass is 10.2. The summed E-state index contributed by atoms with van der Waals surface area (Å²) in [4.78, 5) is 12.8. The Morgan fingerprint density at radius 3 is 2.40 bits per heavy atom. The van der Waals surface area contributed by atoms with Crippen molar-refractivity contribution >= 4 is 5.91 Å². The van der Waals surface area contributed by atoms with E-state index < -0.39 is 6.17 Å². The van der Waals surface area contributed by atoms with Gasteiger partial charge >= 0.3 is 0 Å². The van der Waals surface area contributed by atoms with Crippen molar-refractivity contribution in [3.8, 4) is 0 Å². The number of halogens is 1. The van der Waals surface area contributed by atoms with Crippen LogP contribution in [0.3, 0.4) is 0 Å². The summed E-state index contributed by atoms with van der Waals surface area (Å²) in [5.41, 5.74) is 0. The van der Waals surface area contributed by atoms with Crippen LogP contribution in [0.2, 0.25) is 0 Å². The minimum Gasteiger partial charge on any atom is -0.342 e. The zero-order valence-electron chi connectivity index (χ0n) is 5.72. The van der Waals surface area contributed by atoms with Crippen LogP contribution in [0, 0.1) is 5.92 Å². The molecule has 2 atom stereocenters. The molecule has 1 amide bonds. The lowest BCUT2D eigenvalue weighted by Crippen LogP contribution is -2.43. The van der Waals surface area contributed by atoms with Crippen LogP contribution < -0.4 is 0 Å². The predicted octanol–water partition coefficient (Wildman–Crippen LogP) is 0.577. The predicted molar refractivity (Wildman–Crippen MR) is 34.2 cm³/mol. The Labute approximate surface area is 59.0 Å². The largest absolute Gasteiger partial charge is 0.342 e. The topological polar surface area (TPSA) is 20.3 Å². The van der Waals surface area contributed by atoms with Gasteiger partial charge in [-0.3, -0.25) is 4.79 Å². The fourth-order valence-corrected chi connectivity index (χ4v) is 1.19. The second-order valence-electron chi connectivity index (χ2n) is 3.04. The van der Waals surface area contributed by atoms with E-state index in [1.807, 2.05) is 0 Å². The summed E-state index contributed by atoms with van der Waals surface area (Å²) in [6, 6.07) is 0. The van der Waals surface area contributed by atoms with E-state index in [9.17, 15) is 9.18 Å². The number of hydrogen-bond donors (Lipinski definition) is 0. The Morgan fingerprint density at radius 1 is 1.50 bits per heavy atom. The van der Waals surface area contributed by atoms with Crippen LogP contribution in [0.5, 0.6) is 0 Å². The van der Waals surface area contributed by atoms with Gasteiger partial charge in [-0.2, -0.15) is 0 Å². The molecule has 10 heavy (non-hydrogen) atoms. The second kappa shape index (κ2) is 1.94. The highest BCUT2D eigenvalue weighted by atomic mass is 19.1. The van der Waals surface area contributed by atoms with Gasteiger partial charge in [0, 0.05) is 13.1 Å². The molecular weight excluding hydrogens is 133 g/mol. The second-order valence-corrected chi connectivity index (χ2v) is 3.04. The molecule has 1 aliphatic heterocycles. The van der Waals surface area contributed by atoms with Gasteiger partial charge in [0.1, 0.15) is 6.17 Å². The van der Waals surface area contributed by atoms with E-state index >= 15 is 0 Å². The molecule has 0 aromatic carbocycles. The van der Waals surface area contributed by atoms with Gasteiger partial charge in [0.25, 0.3) is 0 Å². The van der Waals surface area contributed by atoms with Gasteiger partial charge in [-0.25, -0.2) is 4.39 Å². The number of hydrogen-bond acceptors (Lipinski definition) is 1. The highest BCUT2D eigenvalue weighted by molar-refractivity contribution is 5.82. The summed E-state index contributed by atoms with van der Waals surface area (Å²) in [5.74, 6) is -0.223. The van der Waals surface area contributed by atoms with Gasteiger partial charge in [-0.15, -0.1) is 0 Å². The number of rotatable bonds is 1. The molecule has 56 valence electrons. The zero-order valence-corrected chi connectivity index (χ0v) is 5.72. The number of carbonyl (C=O) groups excluding carboxylic acids is 1. The summed E-state index contributed by atoms with van der Waals surface area (Å²) in [6.07, 6.45) is 0.734. The number of likely N-dealkylation sites (tertiary alicyclic amines) is 1. The Bertz CT molecular complexity index is 160. The van der Waals surface area contributed by atoms with Crippen molar-refractivity contribution in [3.05, 3.63) is 0 Å². The molecule has 1 heterocycles. The van der Waals surface area contributed by atoms with E-state index in [0.717, 1.165) is 19.5 Å². The standard InChI is InChI=1S/C7H10FNO/c8-6-4-5(6)7(10)9-2-1-3-9/h5-6H,1-4H2/t5-,6-/m0/s1. The van der Waals surface area contributed by atoms with E-state index in [1.165, 1.54) is 0 Å². The maximum Gasteiger partial charge on any atom is 0.228 e. The van der Waals surface area contributed by atoms with Crippen LogP contribution >= 0.6 is 0 Å². The first-order valence-electron chi connectivity index (χ1n) is 3.72. The zero-order chi connectivity index (χ0) is 7.14. The fraction of sp³-hybridized carbons (Fsp3) is 0.857. The average molecular weight is 143 g/mol. The molecule has 0 aromatic heterocycles. The van der Waals surface area contributed by atoms with Gasteiger partial charge in [-0.1, -0.05) is 0 Å². The summed E-state index contributed by atoms with van der Waals surface area (Å²) in [6.45, 7) is 1.70. The molecule has 3 heteroatoms. The highest BCUT2D eigenvalue weighted by Crippen LogP contribution is 2.36. The van der Waals surface area contributed by atoms with Crippen LogP contribution in [0.1, 0.15) is 12.8 Å². The number of amides is 1. The molecule has 2 rings (SSSR count). The highest BCUT2D eigenvalue weighted by Gasteiger charge is 2.46. The Kier molecular flexibility index (Phi) is 1.19. The molecule has 0 radical (unpaired) electrons. The van der Waals surface area contributed by atoms with Crippen LogP contribution in [-0.4, -0.2) is 30.1 Å². The summed E-state index contributed by atoms with van der Waals surface area (Å²) in [5, 5.41) is 0. The Hall–Kier alpha value is -0.600.